The number of rotatable bonds is 8. The Hall–Kier alpha value is -2.67. The third-order valence-corrected chi connectivity index (χ3v) is 2.91. The highest BCUT2D eigenvalue weighted by Gasteiger charge is 2.10. The molecule has 0 saturated heterocycles. The van der Waals surface area contributed by atoms with Crippen LogP contribution in [0.1, 0.15) is 0 Å². The van der Waals surface area contributed by atoms with Crippen molar-refractivity contribution in [3.8, 4) is 16.9 Å². The number of aliphatic hydroxyl groups excluding tert-OH is 2. The molecule has 25 heavy (non-hydrogen) atoms. The zero-order chi connectivity index (χ0) is 18.5. The summed E-state index contributed by atoms with van der Waals surface area (Å²) in [5, 5.41) is 26.0. The lowest BCUT2D eigenvalue weighted by Crippen LogP contribution is -2.23. The van der Waals surface area contributed by atoms with Gasteiger partial charge in [-0.3, -0.25) is 0 Å². The van der Waals surface area contributed by atoms with E-state index in [-0.39, 0.29) is 19.8 Å². The molecule has 0 radical (unpaired) electrons. The van der Waals surface area contributed by atoms with Gasteiger partial charge < -0.3 is 24.8 Å². The molecule has 6 nitrogen and oxygen atoms in total. The highest BCUT2D eigenvalue weighted by Crippen LogP contribution is 2.29. The van der Waals surface area contributed by atoms with E-state index in [2.05, 4.69) is 6.58 Å². The van der Waals surface area contributed by atoms with Crippen molar-refractivity contribution in [2.45, 2.75) is 6.29 Å². The third-order valence-electron chi connectivity index (χ3n) is 2.91. The van der Waals surface area contributed by atoms with E-state index in [4.69, 9.17) is 19.7 Å². The van der Waals surface area contributed by atoms with Gasteiger partial charge in [-0.1, -0.05) is 55.1 Å². The molecule has 0 saturated carbocycles. The number of carboxylic acid groups (broad SMARTS) is 1. The van der Waals surface area contributed by atoms with Crippen LogP contribution in [0.15, 0.2) is 67.3 Å². The quantitative estimate of drug-likeness (QED) is 0.386. The number of hydrogen-bond donors (Lipinski definition) is 3. The van der Waals surface area contributed by atoms with E-state index in [1.807, 2.05) is 48.5 Å². The molecular formula is C19H22O6. The number of benzene rings is 2. The van der Waals surface area contributed by atoms with Crippen molar-refractivity contribution in [2.24, 2.45) is 0 Å². The second kappa shape index (κ2) is 11.8. The van der Waals surface area contributed by atoms with E-state index >= 15 is 0 Å². The summed E-state index contributed by atoms with van der Waals surface area (Å²) in [6, 6.07) is 17.3. The molecule has 2 aromatic carbocycles. The molecule has 6 heteroatoms. The molecule has 0 spiro atoms. The van der Waals surface area contributed by atoms with Crippen molar-refractivity contribution >= 4 is 5.97 Å². The van der Waals surface area contributed by atoms with Crippen LogP contribution in [0.25, 0.3) is 11.1 Å². The van der Waals surface area contributed by atoms with Crippen molar-refractivity contribution in [1.82, 2.24) is 0 Å². The molecule has 134 valence electrons. The first-order chi connectivity index (χ1) is 12.1. The summed E-state index contributed by atoms with van der Waals surface area (Å²) in [6.07, 6.45) is -0.230. The molecule has 0 bridgehead atoms. The summed E-state index contributed by atoms with van der Waals surface area (Å²) in [7, 11) is 0. The zero-order valence-corrected chi connectivity index (χ0v) is 13.7. The van der Waals surface area contributed by atoms with Gasteiger partial charge in [0.25, 0.3) is 0 Å². The summed E-state index contributed by atoms with van der Waals surface area (Å²) >= 11 is 0. The minimum Gasteiger partial charge on any atom is -0.478 e. The summed E-state index contributed by atoms with van der Waals surface area (Å²) in [4.78, 5) is 9.25. The third kappa shape index (κ3) is 8.12. The van der Waals surface area contributed by atoms with Crippen LogP contribution in [0.5, 0.6) is 5.75 Å². The molecule has 1 atom stereocenters. The lowest BCUT2D eigenvalue weighted by atomic mass is 10.1. The number of carbonyl (C=O) groups is 1. The van der Waals surface area contributed by atoms with Crippen LogP contribution < -0.4 is 4.74 Å². The summed E-state index contributed by atoms with van der Waals surface area (Å²) in [5.41, 5.74) is 1.93. The lowest BCUT2D eigenvalue weighted by molar-refractivity contribution is -0.131. The Kier molecular flexibility index (Phi) is 9.62. The first kappa shape index (κ1) is 20.4. The lowest BCUT2D eigenvalue weighted by Gasteiger charge is -2.16. The molecule has 0 fully saturated rings. The Labute approximate surface area is 146 Å². The standard InChI is InChI=1S/C16H18O4.C3H4O2/c17-10-11-19-12-16(18)20-15-9-5-4-8-14(15)13-6-2-1-3-7-13;1-2-3(4)5/h1-9,16-18H,10-12H2;2H,1H2,(H,4,5). The molecule has 2 rings (SSSR count). The van der Waals surface area contributed by atoms with Gasteiger partial charge in [-0.05, 0) is 11.6 Å². The minimum absolute atomic E-state index is 0.0175. The van der Waals surface area contributed by atoms with Gasteiger partial charge >= 0.3 is 5.97 Å². The van der Waals surface area contributed by atoms with Crippen LogP contribution in [0.4, 0.5) is 0 Å². The van der Waals surface area contributed by atoms with Crippen molar-refractivity contribution in [2.75, 3.05) is 19.8 Å². The maximum Gasteiger partial charge on any atom is 0.327 e. The second-order valence-electron chi connectivity index (χ2n) is 4.78. The Morgan fingerprint density at radius 3 is 2.32 bits per heavy atom. The van der Waals surface area contributed by atoms with Crippen molar-refractivity contribution < 1.29 is 29.6 Å². The zero-order valence-electron chi connectivity index (χ0n) is 13.7. The van der Waals surface area contributed by atoms with Gasteiger partial charge in [-0.2, -0.15) is 0 Å². The highest BCUT2D eigenvalue weighted by molar-refractivity contribution is 5.78. The minimum atomic E-state index is -1.06. The van der Waals surface area contributed by atoms with Gasteiger partial charge in [0.2, 0.25) is 6.29 Å². The predicted molar refractivity (Wildman–Crippen MR) is 94.3 cm³/mol. The Balaban J connectivity index is 0.000000550. The van der Waals surface area contributed by atoms with E-state index in [1.54, 1.807) is 6.07 Å². The normalized spacial score (nSPS) is 11.0. The highest BCUT2D eigenvalue weighted by atomic mass is 16.6. The number of aliphatic hydroxyl groups is 2. The van der Waals surface area contributed by atoms with Gasteiger partial charge in [-0.15, -0.1) is 0 Å². The van der Waals surface area contributed by atoms with E-state index in [0.717, 1.165) is 17.2 Å². The van der Waals surface area contributed by atoms with Crippen molar-refractivity contribution in [3.63, 3.8) is 0 Å². The Morgan fingerprint density at radius 1 is 1.12 bits per heavy atom. The smallest absolute Gasteiger partial charge is 0.327 e. The number of hydrogen-bond acceptors (Lipinski definition) is 5. The molecule has 1 unspecified atom stereocenters. The first-order valence-electron chi connectivity index (χ1n) is 7.61. The van der Waals surface area contributed by atoms with E-state index in [1.165, 1.54) is 0 Å². The van der Waals surface area contributed by atoms with Crippen LogP contribution >= 0.6 is 0 Å². The Morgan fingerprint density at radius 2 is 1.72 bits per heavy atom. The second-order valence-corrected chi connectivity index (χ2v) is 4.78. The number of para-hydroxylation sites is 1. The van der Waals surface area contributed by atoms with Crippen LogP contribution in [-0.2, 0) is 9.53 Å². The maximum atomic E-state index is 9.77. The largest absolute Gasteiger partial charge is 0.478 e. The fourth-order valence-corrected chi connectivity index (χ4v) is 1.85. The van der Waals surface area contributed by atoms with Gasteiger partial charge in [0.1, 0.15) is 12.4 Å². The van der Waals surface area contributed by atoms with Crippen LogP contribution in [-0.4, -0.2) is 47.4 Å². The average molecular weight is 346 g/mol. The van der Waals surface area contributed by atoms with Crippen LogP contribution in [0, 0.1) is 0 Å². The summed E-state index contributed by atoms with van der Waals surface area (Å²) in [6.45, 7) is 3.08. The van der Waals surface area contributed by atoms with E-state index in [0.29, 0.717) is 5.75 Å². The van der Waals surface area contributed by atoms with Gasteiger partial charge in [0, 0.05) is 11.6 Å². The van der Waals surface area contributed by atoms with Gasteiger partial charge in [0.05, 0.1) is 13.2 Å². The number of carboxylic acids is 1. The fourth-order valence-electron chi connectivity index (χ4n) is 1.85. The van der Waals surface area contributed by atoms with Gasteiger partial charge in [0.15, 0.2) is 0 Å². The van der Waals surface area contributed by atoms with Gasteiger partial charge in [-0.25, -0.2) is 4.79 Å². The maximum absolute atomic E-state index is 9.77. The fraction of sp³-hybridized carbons (Fsp3) is 0.211. The monoisotopic (exact) mass is 346 g/mol. The average Bonchev–Trinajstić information content (AvgIpc) is 2.63. The molecule has 0 aromatic heterocycles. The van der Waals surface area contributed by atoms with Crippen LogP contribution in [0.3, 0.4) is 0 Å². The molecule has 3 N–H and O–H groups in total. The SMILES string of the molecule is C=CC(=O)O.OCCOCC(O)Oc1ccccc1-c1ccccc1. The molecule has 0 aliphatic rings. The molecule has 0 heterocycles. The predicted octanol–water partition coefficient (Wildman–Crippen LogP) is 2.32. The molecule has 0 aliphatic heterocycles. The molecule has 0 aliphatic carbocycles. The molecule has 0 amide bonds. The first-order valence-corrected chi connectivity index (χ1v) is 7.61. The Bertz CT molecular complexity index is 641. The topological polar surface area (TPSA) is 96.2 Å². The molecular weight excluding hydrogens is 324 g/mol. The van der Waals surface area contributed by atoms with E-state index < -0.39 is 12.3 Å². The summed E-state index contributed by atoms with van der Waals surface area (Å²) < 4.78 is 10.5. The number of aliphatic carboxylic acids is 1. The van der Waals surface area contributed by atoms with E-state index in [9.17, 15) is 9.90 Å². The van der Waals surface area contributed by atoms with Crippen LogP contribution in [0.2, 0.25) is 0 Å². The summed E-state index contributed by atoms with van der Waals surface area (Å²) in [5.74, 6) is -0.385. The van der Waals surface area contributed by atoms with Crippen molar-refractivity contribution in [3.05, 3.63) is 67.3 Å². The number of ether oxygens (including phenoxy) is 2. The molecule has 2 aromatic rings. The van der Waals surface area contributed by atoms with Crippen molar-refractivity contribution in [1.29, 1.82) is 0 Å².